The Balaban J connectivity index is 1.74. The van der Waals surface area contributed by atoms with Gasteiger partial charge in [-0.2, -0.15) is 0 Å². The third-order valence-electron chi connectivity index (χ3n) is 5.56. The van der Waals surface area contributed by atoms with Crippen LogP contribution in [0.1, 0.15) is 33.3 Å². The zero-order valence-corrected chi connectivity index (χ0v) is 20.9. The SMILES string of the molecule is CCOC(=O)Oc1[nH]c2ccc(S(=O)(=O)Nc3ccc(C(C)(C)C)cc3)cc2c1-c1ccccc1. The standard InChI is InChI=1S/C27H28N2O5S/c1-5-33-26(30)34-25-24(18-9-7-6-8-10-18)22-17-21(15-16-23(22)28-25)35(31,32)29-20-13-11-19(12-14-20)27(2,3)4/h6-17,28-29H,5H2,1-4H3. The van der Waals surface area contributed by atoms with Crippen LogP contribution in [0.15, 0.2) is 77.7 Å². The van der Waals surface area contributed by atoms with Gasteiger partial charge in [-0.15, -0.1) is 0 Å². The van der Waals surface area contributed by atoms with Gasteiger partial charge in [-0.05, 0) is 53.8 Å². The molecule has 0 saturated heterocycles. The summed E-state index contributed by atoms with van der Waals surface area (Å²) in [4.78, 5) is 15.2. The number of fused-ring (bicyclic) bond motifs is 1. The molecule has 0 fully saturated rings. The van der Waals surface area contributed by atoms with E-state index in [1.165, 1.54) is 6.07 Å². The second-order valence-electron chi connectivity index (χ2n) is 9.12. The van der Waals surface area contributed by atoms with E-state index in [0.717, 1.165) is 11.1 Å². The van der Waals surface area contributed by atoms with E-state index in [9.17, 15) is 13.2 Å². The predicted molar refractivity (Wildman–Crippen MR) is 137 cm³/mol. The minimum atomic E-state index is -3.87. The fourth-order valence-corrected chi connectivity index (χ4v) is 4.85. The molecule has 35 heavy (non-hydrogen) atoms. The van der Waals surface area contributed by atoms with Gasteiger partial charge < -0.3 is 14.5 Å². The Labute approximate surface area is 205 Å². The van der Waals surface area contributed by atoms with Crippen molar-refractivity contribution in [1.29, 1.82) is 0 Å². The average molecular weight is 493 g/mol. The lowest BCUT2D eigenvalue weighted by molar-refractivity contribution is 0.103. The van der Waals surface area contributed by atoms with Crippen molar-refractivity contribution in [2.24, 2.45) is 0 Å². The van der Waals surface area contributed by atoms with Crippen LogP contribution < -0.4 is 9.46 Å². The van der Waals surface area contributed by atoms with Gasteiger partial charge in [0.05, 0.1) is 17.1 Å². The van der Waals surface area contributed by atoms with Crippen molar-refractivity contribution >= 4 is 32.8 Å². The lowest BCUT2D eigenvalue weighted by atomic mass is 9.87. The number of carbonyl (C=O) groups is 1. The molecule has 4 rings (SSSR count). The maximum atomic E-state index is 13.2. The summed E-state index contributed by atoms with van der Waals surface area (Å²) >= 11 is 0. The third kappa shape index (κ3) is 5.33. The van der Waals surface area contributed by atoms with Gasteiger partial charge in [-0.25, -0.2) is 13.2 Å². The molecule has 0 radical (unpaired) electrons. The normalized spacial score (nSPS) is 11.9. The van der Waals surface area contributed by atoms with E-state index in [1.807, 2.05) is 42.5 Å². The van der Waals surface area contributed by atoms with Crippen LogP contribution in [0.25, 0.3) is 22.0 Å². The Morgan fingerprint density at radius 1 is 0.971 bits per heavy atom. The highest BCUT2D eigenvalue weighted by Gasteiger charge is 2.22. The molecular weight excluding hydrogens is 464 g/mol. The largest absolute Gasteiger partial charge is 0.515 e. The molecule has 4 aromatic rings. The van der Waals surface area contributed by atoms with Crippen LogP contribution in [-0.2, 0) is 20.2 Å². The number of anilines is 1. The highest BCUT2D eigenvalue weighted by atomic mass is 32.2. The Morgan fingerprint density at radius 2 is 1.66 bits per heavy atom. The predicted octanol–water partition coefficient (Wildman–Crippen LogP) is 6.47. The molecule has 0 atom stereocenters. The van der Waals surface area contributed by atoms with Crippen molar-refractivity contribution in [2.45, 2.75) is 38.0 Å². The monoisotopic (exact) mass is 492 g/mol. The Morgan fingerprint density at radius 3 is 2.29 bits per heavy atom. The summed E-state index contributed by atoms with van der Waals surface area (Å²) in [5, 5.41) is 0.599. The molecule has 0 amide bonds. The fourth-order valence-electron chi connectivity index (χ4n) is 3.76. The first-order valence-electron chi connectivity index (χ1n) is 11.3. The van der Waals surface area contributed by atoms with Gasteiger partial charge in [-0.1, -0.05) is 63.2 Å². The van der Waals surface area contributed by atoms with Crippen LogP contribution in [0.5, 0.6) is 5.88 Å². The number of ether oxygens (including phenoxy) is 2. The molecule has 1 heterocycles. The zero-order chi connectivity index (χ0) is 25.2. The van der Waals surface area contributed by atoms with E-state index in [0.29, 0.717) is 22.2 Å². The molecule has 0 aliphatic heterocycles. The van der Waals surface area contributed by atoms with Crippen LogP contribution >= 0.6 is 0 Å². The second-order valence-corrected chi connectivity index (χ2v) is 10.8. The lowest BCUT2D eigenvalue weighted by Crippen LogP contribution is -2.14. The summed E-state index contributed by atoms with van der Waals surface area (Å²) in [6.45, 7) is 8.16. The van der Waals surface area contributed by atoms with Crippen molar-refractivity contribution in [3.63, 3.8) is 0 Å². The molecule has 8 heteroatoms. The van der Waals surface area contributed by atoms with Gasteiger partial charge in [0.1, 0.15) is 0 Å². The molecule has 7 nitrogen and oxygen atoms in total. The minimum Gasteiger partial charge on any atom is -0.434 e. The van der Waals surface area contributed by atoms with Crippen molar-refractivity contribution in [3.05, 3.63) is 78.4 Å². The van der Waals surface area contributed by atoms with Crippen LogP contribution in [0.3, 0.4) is 0 Å². The number of sulfonamides is 1. The van der Waals surface area contributed by atoms with Crippen LogP contribution in [0.4, 0.5) is 10.5 Å². The summed E-state index contributed by atoms with van der Waals surface area (Å²) in [6, 6.07) is 21.4. The number of rotatable bonds is 6. The van der Waals surface area contributed by atoms with Gasteiger partial charge in [-0.3, -0.25) is 4.72 Å². The molecule has 0 aliphatic carbocycles. The number of H-pyrrole nitrogens is 1. The van der Waals surface area contributed by atoms with E-state index < -0.39 is 16.2 Å². The first kappa shape index (κ1) is 24.3. The Hall–Kier alpha value is -3.78. The molecule has 0 spiro atoms. The number of hydrogen-bond acceptors (Lipinski definition) is 5. The summed E-state index contributed by atoms with van der Waals surface area (Å²) in [5.74, 6) is 0.185. The summed E-state index contributed by atoms with van der Waals surface area (Å²) in [6.07, 6.45) is -0.843. The number of carbonyl (C=O) groups excluding carboxylic acids is 1. The lowest BCUT2D eigenvalue weighted by Gasteiger charge is -2.19. The third-order valence-corrected chi connectivity index (χ3v) is 6.94. The van der Waals surface area contributed by atoms with Crippen molar-refractivity contribution in [3.8, 4) is 17.0 Å². The van der Waals surface area contributed by atoms with Crippen molar-refractivity contribution in [2.75, 3.05) is 11.3 Å². The highest BCUT2D eigenvalue weighted by Crippen LogP contribution is 2.38. The summed E-state index contributed by atoms with van der Waals surface area (Å²) in [5.41, 5.74) is 3.50. The van der Waals surface area contributed by atoms with E-state index in [1.54, 1.807) is 31.2 Å². The number of aromatic amines is 1. The zero-order valence-electron chi connectivity index (χ0n) is 20.1. The Kier molecular flexibility index (Phi) is 6.58. The fraction of sp³-hybridized carbons (Fsp3) is 0.222. The number of hydrogen-bond donors (Lipinski definition) is 2. The van der Waals surface area contributed by atoms with Gasteiger partial charge in [0, 0.05) is 16.6 Å². The van der Waals surface area contributed by atoms with Crippen LogP contribution in [0.2, 0.25) is 0 Å². The molecule has 0 unspecified atom stereocenters. The topological polar surface area (TPSA) is 97.5 Å². The highest BCUT2D eigenvalue weighted by molar-refractivity contribution is 7.92. The van der Waals surface area contributed by atoms with Crippen LogP contribution in [-0.4, -0.2) is 26.2 Å². The number of nitrogens with one attached hydrogen (secondary N) is 2. The van der Waals surface area contributed by atoms with Crippen LogP contribution in [0, 0.1) is 0 Å². The van der Waals surface area contributed by atoms with Crippen molar-refractivity contribution < 1.29 is 22.7 Å². The van der Waals surface area contributed by atoms with Gasteiger partial charge in [0.25, 0.3) is 10.0 Å². The first-order chi connectivity index (χ1) is 16.6. The summed E-state index contributed by atoms with van der Waals surface area (Å²) < 4.78 is 39.4. The number of benzene rings is 3. The van der Waals surface area contributed by atoms with E-state index in [-0.39, 0.29) is 22.8 Å². The number of aromatic nitrogens is 1. The minimum absolute atomic E-state index is 0.0338. The van der Waals surface area contributed by atoms with Gasteiger partial charge in [0.2, 0.25) is 5.88 Å². The van der Waals surface area contributed by atoms with E-state index in [2.05, 4.69) is 30.5 Å². The maximum absolute atomic E-state index is 13.2. The smallest absolute Gasteiger partial charge is 0.434 e. The summed E-state index contributed by atoms with van der Waals surface area (Å²) in [7, 11) is -3.87. The van der Waals surface area contributed by atoms with E-state index >= 15 is 0 Å². The van der Waals surface area contributed by atoms with Gasteiger partial charge in [0.15, 0.2) is 0 Å². The van der Waals surface area contributed by atoms with Crippen molar-refractivity contribution in [1.82, 2.24) is 4.98 Å². The first-order valence-corrected chi connectivity index (χ1v) is 12.8. The van der Waals surface area contributed by atoms with Gasteiger partial charge >= 0.3 is 6.16 Å². The molecule has 182 valence electrons. The molecule has 0 aliphatic rings. The quantitative estimate of drug-likeness (QED) is 0.301. The molecule has 0 saturated carbocycles. The molecule has 2 N–H and O–H groups in total. The molecule has 0 bridgehead atoms. The molecular formula is C27H28N2O5S. The second kappa shape index (κ2) is 9.46. The average Bonchev–Trinajstić information content (AvgIpc) is 3.16. The molecule has 1 aromatic heterocycles. The maximum Gasteiger partial charge on any atom is 0.515 e. The molecule has 3 aromatic carbocycles. The van der Waals surface area contributed by atoms with E-state index in [4.69, 9.17) is 9.47 Å². The Bertz CT molecular complexity index is 1450.